The van der Waals surface area contributed by atoms with Crippen LogP contribution in [0.5, 0.6) is 0 Å². The number of rotatable bonds is 4. The van der Waals surface area contributed by atoms with Crippen LogP contribution in [0.2, 0.25) is 0 Å². The molecule has 0 atom stereocenters. The lowest BCUT2D eigenvalue weighted by molar-refractivity contribution is -0.141. The molecular formula is C22H23F3N4OS. The molecule has 2 heterocycles. The third-order valence-electron chi connectivity index (χ3n) is 5.57. The molecule has 1 saturated carbocycles. The Morgan fingerprint density at radius 3 is 2.61 bits per heavy atom. The lowest BCUT2D eigenvalue weighted by atomic mass is 9.80. The highest BCUT2D eigenvalue weighted by Crippen LogP contribution is 2.42. The van der Waals surface area contributed by atoms with Gasteiger partial charge in [-0.05, 0) is 67.9 Å². The van der Waals surface area contributed by atoms with E-state index in [1.165, 1.54) is 11.3 Å². The predicted molar refractivity (Wildman–Crippen MR) is 114 cm³/mol. The first-order valence-corrected chi connectivity index (χ1v) is 10.9. The molecule has 0 radical (unpaired) electrons. The smallest absolute Gasteiger partial charge is 0.383 e. The van der Waals surface area contributed by atoms with Gasteiger partial charge in [0.05, 0.1) is 4.88 Å². The Bertz CT molecular complexity index is 1070. The van der Waals surface area contributed by atoms with Crippen LogP contribution in [0, 0.1) is 12.8 Å². The molecule has 0 spiro atoms. The fourth-order valence-electron chi connectivity index (χ4n) is 3.78. The van der Waals surface area contributed by atoms with Gasteiger partial charge in [0, 0.05) is 18.1 Å². The number of aromatic nitrogens is 3. The Morgan fingerprint density at radius 1 is 1.16 bits per heavy atom. The second-order valence-electron chi connectivity index (χ2n) is 8.22. The van der Waals surface area contributed by atoms with E-state index >= 15 is 0 Å². The number of nitrogens with one attached hydrogen (secondary N) is 1. The largest absolute Gasteiger partial charge is 0.433 e. The molecule has 3 aromatic rings. The SMILES string of the molecule is Cc1cc(Nc2nccc(C(F)(F)F)n2)cc(-c2cnc([C@]3(O)CC[C@H](C)CC3)s2)c1. The fraction of sp³-hybridized carbons (Fsp3) is 0.409. The summed E-state index contributed by atoms with van der Waals surface area (Å²) in [5.41, 5.74) is 0.485. The average molecular weight is 449 g/mol. The zero-order valence-electron chi connectivity index (χ0n) is 17.2. The van der Waals surface area contributed by atoms with Crippen molar-refractivity contribution in [3.63, 3.8) is 0 Å². The summed E-state index contributed by atoms with van der Waals surface area (Å²) in [6, 6.07) is 6.44. The number of hydrogen-bond donors (Lipinski definition) is 2. The predicted octanol–water partition coefficient (Wildman–Crippen LogP) is 6.07. The molecule has 164 valence electrons. The van der Waals surface area contributed by atoms with Crippen molar-refractivity contribution >= 4 is 23.0 Å². The number of halogens is 3. The van der Waals surface area contributed by atoms with E-state index in [1.54, 1.807) is 6.20 Å². The molecule has 1 fully saturated rings. The monoisotopic (exact) mass is 448 g/mol. The van der Waals surface area contributed by atoms with Gasteiger partial charge in [0.2, 0.25) is 5.95 Å². The molecule has 1 aromatic carbocycles. The quantitative estimate of drug-likeness (QED) is 0.507. The van der Waals surface area contributed by atoms with Gasteiger partial charge in [-0.25, -0.2) is 15.0 Å². The lowest BCUT2D eigenvalue weighted by Crippen LogP contribution is -2.30. The van der Waals surface area contributed by atoms with Gasteiger partial charge >= 0.3 is 6.18 Å². The zero-order valence-corrected chi connectivity index (χ0v) is 18.0. The molecule has 2 aromatic heterocycles. The van der Waals surface area contributed by atoms with Gasteiger partial charge in [0.15, 0.2) is 0 Å². The Hall–Kier alpha value is -2.52. The average Bonchev–Trinajstić information content (AvgIpc) is 3.21. The molecule has 1 aliphatic carbocycles. The minimum absolute atomic E-state index is 0.123. The summed E-state index contributed by atoms with van der Waals surface area (Å²) in [5, 5.41) is 14.6. The standard InChI is InChI=1S/C22H23F3N4OS/c1-13-3-6-21(30,7-4-13)19-27-12-17(31-19)15-9-14(2)10-16(11-15)28-20-26-8-5-18(29-20)22(23,24)25/h5,8-13,30H,3-4,6-7H2,1-2H3,(H,26,28,29)/t13-,21-. The van der Waals surface area contributed by atoms with Crippen molar-refractivity contribution < 1.29 is 18.3 Å². The van der Waals surface area contributed by atoms with Crippen molar-refractivity contribution in [2.45, 2.75) is 51.3 Å². The van der Waals surface area contributed by atoms with Gasteiger partial charge in [-0.1, -0.05) is 13.0 Å². The highest BCUT2D eigenvalue weighted by Gasteiger charge is 2.36. The summed E-state index contributed by atoms with van der Waals surface area (Å²) in [7, 11) is 0. The van der Waals surface area contributed by atoms with E-state index in [2.05, 4.69) is 27.2 Å². The van der Waals surface area contributed by atoms with Crippen LogP contribution in [0.15, 0.2) is 36.7 Å². The van der Waals surface area contributed by atoms with E-state index in [1.807, 2.05) is 25.1 Å². The molecule has 0 unspecified atom stereocenters. The van der Waals surface area contributed by atoms with Gasteiger partial charge in [0.25, 0.3) is 0 Å². The van der Waals surface area contributed by atoms with Crippen molar-refractivity contribution in [1.82, 2.24) is 15.0 Å². The topological polar surface area (TPSA) is 70.9 Å². The number of anilines is 2. The van der Waals surface area contributed by atoms with Crippen LogP contribution in [0.3, 0.4) is 0 Å². The number of aryl methyl sites for hydroxylation is 1. The third-order valence-corrected chi connectivity index (χ3v) is 6.81. The van der Waals surface area contributed by atoms with Crippen LogP contribution in [-0.4, -0.2) is 20.1 Å². The second kappa shape index (κ2) is 8.20. The summed E-state index contributed by atoms with van der Waals surface area (Å²) < 4.78 is 38.8. The van der Waals surface area contributed by atoms with Crippen molar-refractivity contribution in [1.29, 1.82) is 0 Å². The molecule has 2 N–H and O–H groups in total. The zero-order chi connectivity index (χ0) is 22.2. The summed E-state index contributed by atoms with van der Waals surface area (Å²) in [4.78, 5) is 12.8. The van der Waals surface area contributed by atoms with Crippen LogP contribution in [0.25, 0.3) is 10.4 Å². The van der Waals surface area contributed by atoms with Gasteiger partial charge in [-0.3, -0.25) is 0 Å². The molecule has 0 bridgehead atoms. The third kappa shape index (κ3) is 4.88. The maximum Gasteiger partial charge on any atom is 0.433 e. The second-order valence-corrected chi connectivity index (χ2v) is 9.25. The highest BCUT2D eigenvalue weighted by atomic mass is 32.1. The number of benzene rings is 1. The highest BCUT2D eigenvalue weighted by molar-refractivity contribution is 7.15. The minimum atomic E-state index is -4.53. The number of aliphatic hydroxyl groups is 1. The Balaban J connectivity index is 1.59. The molecule has 0 amide bonds. The molecule has 1 aliphatic rings. The van der Waals surface area contributed by atoms with Gasteiger partial charge < -0.3 is 10.4 Å². The Kier molecular flexibility index (Phi) is 5.74. The van der Waals surface area contributed by atoms with E-state index in [4.69, 9.17) is 0 Å². The van der Waals surface area contributed by atoms with Crippen molar-refractivity contribution in [3.8, 4) is 10.4 Å². The summed E-state index contributed by atoms with van der Waals surface area (Å²) in [6.45, 7) is 4.10. The van der Waals surface area contributed by atoms with Crippen molar-refractivity contribution in [3.05, 3.63) is 52.9 Å². The molecule has 5 nitrogen and oxygen atoms in total. The van der Waals surface area contributed by atoms with Crippen LogP contribution in [0.1, 0.15) is 48.9 Å². The summed E-state index contributed by atoms with van der Waals surface area (Å²) in [6.07, 6.45) is 1.64. The molecule has 0 aliphatic heterocycles. The normalized spacial score (nSPS) is 21.8. The molecular weight excluding hydrogens is 425 g/mol. The minimum Gasteiger partial charge on any atom is -0.383 e. The fourth-order valence-corrected chi connectivity index (χ4v) is 4.83. The first-order chi connectivity index (χ1) is 14.6. The van der Waals surface area contributed by atoms with Crippen LogP contribution in [-0.2, 0) is 11.8 Å². The number of alkyl halides is 3. The van der Waals surface area contributed by atoms with Crippen molar-refractivity contribution in [2.24, 2.45) is 5.92 Å². The van der Waals surface area contributed by atoms with Gasteiger partial charge in [-0.15, -0.1) is 11.3 Å². The molecule has 9 heteroatoms. The van der Waals surface area contributed by atoms with E-state index in [9.17, 15) is 18.3 Å². The first kappa shape index (κ1) is 21.7. The maximum absolute atomic E-state index is 12.9. The van der Waals surface area contributed by atoms with Crippen LogP contribution in [0.4, 0.5) is 24.8 Å². The van der Waals surface area contributed by atoms with E-state index in [0.717, 1.165) is 41.1 Å². The number of nitrogens with zero attached hydrogens (tertiary/aromatic N) is 3. The van der Waals surface area contributed by atoms with Crippen LogP contribution >= 0.6 is 11.3 Å². The van der Waals surface area contributed by atoms with Crippen LogP contribution < -0.4 is 5.32 Å². The van der Waals surface area contributed by atoms with E-state index < -0.39 is 17.5 Å². The van der Waals surface area contributed by atoms with Gasteiger partial charge in [0.1, 0.15) is 16.3 Å². The number of hydrogen-bond acceptors (Lipinski definition) is 6. The van der Waals surface area contributed by atoms with Gasteiger partial charge in [-0.2, -0.15) is 13.2 Å². The maximum atomic E-state index is 12.9. The Morgan fingerprint density at radius 2 is 1.90 bits per heavy atom. The van der Waals surface area contributed by atoms with E-state index in [0.29, 0.717) is 29.5 Å². The summed E-state index contributed by atoms with van der Waals surface area (Å²) in [5.74, 6) is 0.491. The van der Waals surface area contributed by atoms with Crippen molar-refractivity contribution in [2.75, 3.05) is 5.32 Å². The molecule has 4 rings (SSSR count). The lowest BCUT2D eigenvalue weighted by Gasteiger charge is -2.33. The molecule has 0 saturated heterocycles. The summed E-state index contributed by atoms with van der Waals surface area (Å²) >= 11 is 1.45. The number of thiazole rings is 1. The Labute approximate surface area is 182 Å². The first-order valence-electron chi connectivity index (χ1n) is 10.1. The van der Waals surface area contributed by atoms with E-state index in [-0.39, 0.29) is 5.95 Å². The molecule has 31 heavy (non-hydrogen) atoms.